The molecule has 0 fully saturated rings. The second kappa shape index (κ2) is 6.62. The Hall–Kier alpha value is -2.02. The van der Waals surface area contributed by atoms with Gasteiger partial charge in [-0.25, -0.2) is 0 Å². The van der Waals surface area contributed by atoms with E-state index >= 15 is 0 Å². The van der Waals surface area contributed by atoms with Crippen molar-refractivity contribution in [1.82, 2.24) is 10.6 Å². The smallest absolute Gasteiger partial charge is 0.406 e. The van der Waals surface area contributed by atoms with Gasteiger partial charge in [-0.1, -0.05) is 11.6 Å². The second-order valence-corrected chi connectivity index (χ2v) is 4.57. The predicted octanol–water partition coefficient (Wildman–Crippen LogP) is 2.23. The summed E-state index contributed by atoms with van der Waals surface area (Å²) in [5, 5.41) is 5.90. The van der Waals surface area contributed by atoms with Gasteiger partial charge in [0.25, 0.3) is 5.91 Å². The lowest BCUT2D eigenvalue weighted by Gasteiger charge is -2.14. The molecule has 1 heterocycles. The minimum atomic E-state index is -4.73. The number of rotatable bonds is 4. The van der Waals surface area contributed by atoms with Gasteiger partial charge in [-0.15, -0.1) is 13.2 Å². The Labute approximate surface area is 120 Å². The lowest BCUT2D eigenvalue weighted by Crippen LogP contribution is -2.29. The number of alkyl halides is 3. The van der Waals surface area contributed by atoms with E-state index in [0.717, 1.165) is 37.2 Å². The van der Waals surface area contributed by atoms with E-state index in [-0.39, 0.29) is 11.7 Å². The molecule has 114 valence electrons. The Morgan fingerprint density at radius 2 is 2.00 bits per heavy atom. The fourth-order valence-corrected chi connectivity index (χ4v) is 1.93. The molecule has 1 aromatic rings. The van der Waals surface area contributed by atoms with Crippen molar-refractivity contribution < 1.29 is 22.7 Å². The van der Waals surface area contributed by atoms with Gasteiger partial charge in [-0.05, 0) is 37.2 Å². The van der Waals surface area contributed by atoms with Crippen molar-refractivity contribution in [2.45, 2.75) is 12.8 Å². The quantitative estimate of drug-likeness (QED) is 0.839. The van der Waals surface area contributed by atoms with Crippen LogP contribution in [0.4, 0.5) is 13.2 Å². The molecule has 0 saturated heterocycles. The largest absolute Gasteiger partial charge is 0.573 e. The number of halogens is 3. The summed E-state index contributed by atoms with van der Waals surface area (Å²) in [6.45, 7) is 2.11. The van der Waals surface area contributed by atoms with E-state index < -0.39 is 6.36 Å². The van der Waals surface area contributed by atoms with Crippen molar-refractivity contribution in [2.24, 2.45) is 0 Å². The van der Waals surface area contributed by atoms with Crippen LogP contribution in [0.25, 0.3) is 0 Å². The Morgan fingerprint density at radius 3 is 2.57 bits per heavy atom. The van der Waals surface area contributed by atoms with Gasteiger partial charge in [0.2, 0.25) is 0 Å². The molecule has 21 heavy (non-hydrogen) atoms. The Bertz CT molecular complexity index is 524. The number of hydrogen-bond donors (Lipinski definition) is 2. The minimum absolute atomic E-state index is 0.291. The number of ether oxygens (including phenoxy) is 1. The van der Waals surface area contributed by atoms with Gasteiger partial charge in [-0.2, -0.15) is 0 Å². The average Bonchev–Trinajstić information content (AvgIpc) is 2.45. The van der Waals surface area contributed by atoms with E-state index in [1.54, 1.807) is 0 Å². The van der Waals surface area contributed by atoms with E-state index in [9.17, 15) is 18.0 Å². The predicted molar refractivity (Wildman–Crippen MR) is 71.0 cm³/mol. The summed E-state index contributed by atoms with van der Waals surface area (Å²) in [4.78, 5) is 11.9. The zero-order chi connectivity index (χ0) is 15.3. The molecule has 7 heteroatoms. The van der Waals surface area contributed by atoms with Crippen LogP contribution in [0.5, 0.6) is 5.75 Å². The van der Waals surface area contributed by atoms with Gasteiger partial charge in [-0.3, -0.25) is 4.79 Å². The van der Waals surface area contributed by atoms with E-state index in [0.29, 0.717) is 12.1 Å². The molecule has 0 spiro atoms. The standard InChI is InChI=1S/C14H15F3N2O2/c15-14(16,17)21-12-3-1-11(2-4-12)13(20)19-9-10-5-7-18-8-6-10/h1-5,18H,6-9H2,(H,19,20). The molecule has 1 aliphatic heterocycles. The van der Waals surface area contributed by atoms with Crippen LogP contribution < -0.4 is 15.4 Å². The topological polar surface area (TPSA) is 50.4 Å². The second-order valence-electron chi connectivity index (χ2n) is 4.57. The van der Waals surface area contributed by atoms with Crippen LogP contribution in [0.15, 0.2) is 35.9 Å². The van der Waals surface area contributed by atoms with Crippen LogP contribution in [0.3, 0.4) is 0 Å². The van der Waals surface area contributed by atoms with Crippen molar-refractivity contribution in [2.75, 3.05) is 19.6 Å². The van der Waals surface area contributed by atoms with Gasteiger partial charge in [0.05, 0.1) is 0 Å². The number of carbonyl (C=O) groups is 1. The molecule has 1 aromatic carbocycles. The van der Waals surface area contributed by atoms with E-state index in [2.05, 4.69) is 15.4 Å². The molecule has 0 radical (unpaired) electrons. The third-order valence-corrected chi connectivity index (χ3v) is 2.98. The number of amides is 1. The summed E-state index contributed by atoms with van der Waals surface area (Å²) in [7, 11) is 0. The molecule has 1 aliphatic rings. The molecule has 0 unspecified atom stereocenters. The molecular weight excluding hydrogens is 285 g/mol. The van der Waals surface area contributed by atoms with Crippen molar-refractivity contribution in [3.8, 4) is 5.75 Å². The Balaban J connectivity index is 1.89. The first kappa shape index (κ1) is 15.4. The van der Waals surface area contributed by atoms with E-state index in [1.807, 2.05) is 6.08 Å². The van der Waals surface area contributed by atoms with Crippen LogP contribution >= 0.6 is 0 Å². The number of hydrogen-bond acceptors (Lipinski definition) is 3. The van der Waals surface area contributed by atoms with Crippen LogP contribution in [0.1, 0.15) is 16.8 Å². The lowest BCUT2D eigenvalue weighted by molar-refractivity contribution is -0.274. The zero-order valence-corrected chi connectivity index (χ0v) is 11.2. The van der Waals surface area contributed by atoms with Crippen molar-refractivity contribution in [3.63, 3.8) is 0 Å². The number of carbonyl (C=O) groups excluding carboxylic acids is 1. The van der Waals surface area contributed by atoms with Crippen LogP contribution in [0, 0.1) is 0 Å². The monoisotopic (exact) mass is 300 g/mol. The van der Waals surface area contributed by atoms with E-state index in [4.69, 9.17) is 0 Å². The third-order valence-electron chi connectivity index (χ3n) is 2.98. The Kier molecular flexibility index (Phi) is 4.85. The highest BCUT2D eigenvalue weighted by Crippen LogP contribution is 2.22. The molecule has 0 atom stereocenters. The van der Waals surface area contributed by atoms with Gasteiger partial charge < -0.3 is 15.4 Å². The molecule has 1 amide bonds. The third kappa shape index (κ3) is 5.11. The maximum absolute atomic E-state index is 12.0. The summed E-state index contributed by atoms with van der Waals surface area (Å²) >= 11 is 0. The van der Waals surface area contributed by atoms with Gasteiger partial charge >= 0.3 is 6.36 Å². The lowest BCUT2D eigenvalue weighted by atomic mass is 10.1. The Morgan fingerprint density at radius 1 is 1.29 bits per heavy atom. The van der Waals surface area contributed by atoms with Gasteiger partial charge in [0, 0.05) is 18.7 Å². The van der Waals surface area contributed by atoms with Gasteiger partial charge in [0.1, 0.15) is 5.75 Å². The van der Waals surface area contributed by atoms with E-state index in [1.165, 1.54) is 12.1 Å². The highest BCUT2D eigenvalue weighted by Gasteiger charge is 2.31. The molecule has 0 saturated carbocycles. The molecule has 0 aliphatic carbocycles. The summed E-state index contributed by atoms with van der Waals surface area (Å²) in [5.41, 5.74) is 1.43. The normalized spacial score (nSPS) is 15.3. The summed E-state index contributed by atoms with van der Waals surface area (Å²) in [6.07, 6.45) is -1.84. The number of benzene rings is 1. The first-order valence-corrected chi connectivity index (χ1v) is 6.47. The highest BCUT2D eigenvalue weighted by atomic mass is 19.4. The van der Waals surface area contributed by atoms with Crippen LogP contribution in [0.2, 0.25) is 0 Å². The first-order valence-electron chi connectivity index (χ1n) is 6.47. The fraction of sp³-hybridized carbons (Fsp3) is 0.357. The van der Waals surface area contributed by atoms with Gasteiger partial charge in [0.15, 0.2) is 0 Å². The molecule has 4 nitrogen and oxygen atoms in total. The maximum Gasteiger partial charge on any atom is 0.573 e. The highest BCUT2D eigenvalue weighted by molar-refractivity contribution is 5.94. The molecule has 0 bridgehead atoms. The molecule has 2 rings (SSSR count). The summed E-state index contributed by atoms with van der Waals surface area (Å²) in [5.74, 6) is -0.673. The summed E-state index contributed by atoms with van der Waals surface area (Å²) in [6, 6.07) is 4.83. The molecular formula is C14H15F3N2O2. The van der Waals surface area contributed by atoms with Crippen molar-refractivity contribution in [3.05, 3.63) is 41.5 Å². The maximum atomic E-state index is 12.0. The zero-order valence-electron chi connectivity index (χ0n) is 11.2. The van der Waals surface area contributed by atoms with Crippen molar-refractivity contribution >= 4 is 5.91 Å². The van der Waals surface area contributed by atoms with Crippen molar-refractivity contribution in [1.29, 1.82) is 0 Å². The number of nitrogens with one attached hydrogen (secondary N) is 2. The average molecular weight is 300 g/mol. The van der Waals surface area contributed by atoms with Crippen LogP contribution in [-0.4, -0.2) is 31.9 Å². The van der Waals surface area contributed by atoms with Crippen LogP contribution in [-0.2, 0) is 0 Å². The minimum Gasteiger partial charge on any atom is -0.406 e. The summed E-state index contributed by atoms with van der Waals surface area (Å²) < 4.78 is 39.8. The first-order chi connectivity index (χ1) is 9.94. The molecule has 0 aromatic heterocycles. The fourth-order valence-electron chi connectivity index (χ4n) is 1.93. The SMILES string of the molecule is O=C(NCC1=CCNCC1)c1ccc(OC(F)(F)F)cc1. The molecule has 2 N–H and O–H groups in total.